The molecule has 380 valence electrons. The van der Waals surface area contributed by atoms with Crippen LogP contribution in [-0.4, -0.2) is 37.2 Å². The maximum absolute atomic E-state index is 12.7. The van der Waals surface area contributed by atoms with E-state index in [1.807, 2.05) is 0 Å². The fourth-order valence-electron chi connectivity index (χ4n) is 7.22. The molecule has 0 aliphatic rings. The van der Waals surface area contributed by atoms with Crippen molar-refractivity contribution in [3.8, 4) is 0 Å². The zero-order chi connectivity index (χ0) is 48.6. The van der Waals surface area contributed by atoms with Gasteiger partial charge in [-0.1, -0.05) is 226 Å². The molecule has 6 heteroatoms. The molecular formula is C61H100O6. The monoisotopic (exact) mass is 929 g/mol. The van der Waals surface area contributed by atoms with Crippen molar-refractivity contribution < 1.29 is 28.6 Å². The van der Waals surface area contributed by atoms with Crippen LogP contribution in [0.4, 0.5) is 0 Å². The van der Waals surface area contributed by atoms with Crippen molar-refractivity contribution in [3.63, 3.8) is 0 Å². The number of hydrogen-bond acceptors (Lipinski definition) is 6. The Morgan fingerprint density at radius 3 is 0.925 bits per heavy atom. The van der Waals surface area contributed by atoms with Crippen molar-refractivity contribution >= 4 is 17.9 Å². The second kappa shape index (κ2) is 54.7. The SMILES string of the molecule is CC/C=C\C/C=C\C/C=C\C/C=C\C/C=C\C/C=C\CCCCCCCCCCCCCCC(=O)OCC(COC(=O)CCCCCCC)OC(=O)CCCCC/C=C\C/C=C\C/C=C\CC. The molecule has 67 heavy (non-hydrogen) atoms. The lowest BCUT2D eigenvalue weighted by Gasteiger charge is -2.18. The zero-order valence-electron chi connectivity index (χ0n) is 43.4. The van der Waals surface area contributed by atoms with Gasteiger partial charge in [0.15, 0.2) is 6.10 Å². The summed E-state index contributed by atoms with van der Waals surface area (Å²) in [5.74, 6) is -0.941. The van der Waals surface area contributed by atoms with Crippen LogP contribution in [0, 0.1) is 0 Å². The van der Waals surface area contributed by atoms with Crippen LogP contribution in [0.5, 0.6) is 0 Å². The van der Waals surface area contributed by atoms with Gasteiger partial charge in [0.05, 0.1) is 0 Å². The quantitative estimate of drug-likeness (QED) is 0.0262. The van der Waals surface area contributed by atoms with Crippen molar-refractivity contribution in [2.75, 3.05) is 13.2 Å². The van der Waals surface area contributed by atoms with Gasteiger partial charge in [0, 0.05) is 19.3 Å². The van der Waals surface area contributed by atoms with Gasteiger partial charge in [-0.15, -0.1) is 0 Å². The number of unbranched alkanes of at least 4 members (excludes halogenated alkanes) is 19. The Morgan fingerprint density at radius 1 is 0.313 bits per heavy atom. The Hall–Kier alpha value is -3.93. The zero-order valence-corrected chi connectivity index (χ0v) is 43.4. The molecule has 0 fully saturated rings. The number of esters is 3. The van der Waals surface area contributed by atoms with E-state index in [9.17, 15) is 14.4 Å². The van der Waals surface area contributed by atoms with Gasteiger partial charge in [-0.05, 0) is 103 Å². The maximum Gasteiger partial charge on any atom is 0.306 e. The topological polar surface area (TPSA) is 78.9 Å². The number of carbonyl (C=O) groups is 3. The number of ether oxygens (including phenoxy) is 3. The highest BCUT2D eigenvalue weighted by Crippen LogP contribution is 2.15. The Labute approximate surface area is 412 Å². The first-order chi connectivity index (χ1) is 33.0. The predicted octanol–water partition coefficient (Wildman–Crippen LogP) is 18.3. The van der Waals surface area contributed by atoms with Gasteiger partial charge < -0.3 is 14.2 Å². The molecule has 0 amide bonds. The van der Waals surface area contributed by atoms with E-state index in [-0.39, 0.29) is 31.1 Å². The van der Waals surface area contributed by atoms with Crippen molar-refractivity contribution in [2.45, 2.75) is 245 Å². The molecule has 6 nitrogen and oxygen atoms in total. The van der Waals surface area contributed by atoms with Gasteiger partial charge >= 0.3 is 17.9 Å². The molecule has 0 aliphatic heterocycles. The summed E-state index contributed by atoms with van der Waals surface area (Å²) in [7, 11) is 0. The van der Waals surface area contributed by atoms with Crippen LogP contribution in [-0.2, 0) is 28.6 Å². The molecule has 0 saturated carbocycles. The summed E-state index contributed by atoms with van der Waals surface area (Å²) in [6, 6.07) is 0. The Balaban J connectivity index is 4.04. The molecule has 1 atom stereocenters. The molecule has 1 unspecified atom stereocenters. The minimum atomic E-state index is -0.790. The van der Waals surface area contributed by atoms with E-state index in [0.717, 1.165) is 128 Å². The maximum atomic E-state index is 12.7. The van der Waals surface area contributed by atoms with Gasteiger partial charge in [-0.25, -0.2) is 0 Å². The molecular weight excluding hydrogens is 829 g/mol. The van der Waals surface area contributed by atoms with Crippen molar-refractivity contribution in [2.24, 2.45) is 0 Å². The van der Waals surface area contributed by atoms with Crippen LogP contribution in [0.15, 0.2) is 109 Å². The van der Waals surface area contributed by atoms with E-state index < -0.39 is 6.10 Å². The standard InChI is InChI=1S/C61H100O6/c1-4-7-10-13-15-17-19-21-22-23-24-25-26-27-28-29-30-31-32-33-34-35-36-37-38-40-41-43-45-48-51-54-60(63)66-57-58(56-65-59(62)53-50-47-12-9-6-3)67-61(64)55-52-49-46-44-42-39-20-18-16-14-11-8-5-2/h7-8,10-11,15-18,21-22,24-25,27-28,30-31,39,42,58H,4-6,9,12-14,19-20,23,26,29,32-38,40-41,43-57H2,1-3H3/b10-7-,11-8-,17-15-,18-16-,22-21-,25-24-,28-27-,31-30-,42-39-. The molecule has 0 aromatic rings. The van der Waals surface area contributed by atoms with Crippen LogP contribution in [0.2, 0.25) is 0 Å². The minimum Gasteiger partial charge on any atom is -0.462 e. The van der Waals surface area contributed by atoms with E-state index in [1.165, 1.54) is 70.6 Å². The second-order valence-corrected chi connectivity index (χ2v) is 17.7. The van der Waals surface area contributed by atoms with Crippen LogP contribution in [0.25, 0.3) is 0 Å². The predicted molar refractivity (Wildman–Crippen MR) is 288 cm³/mol. The first-order valence-corrected chi connectivity index (χ1v) is 27.4. The number of carbonyl (C=O) groups excluding carboxylic acids is 3. The van der Waals surface area contributed by atoms with Crippen molar-refractivity contribution in [3.05, 3.63) is 109 Å². The lowest BCUT2D eigenvalue weighted by Crippen LogP contribution is -2.30. The molecule has 0 N–H and O–H groups in total. The Kier molecular flexibility index (Phi) is 51.5. The van der Waals surface area contributed by atoms with Crippen molar-refractivity contribution in [1.29, 1.82) is 0 Å². The fourth-order valence-corrected chi connectivity index (χ4v) is 7.22. The highest BCUT2D eigenvalue weighted by molar-refractivity contribution is 5.71. The van der Waals surface area contributed by atoms with Crippen LogP contribution in [0.3, 0.4) is 0 Å². The van der Waals surface area contributed by atoms with Gasteiger partial charge in [0.25, 0.3) is 0 Å². The lowest BCUT2D eigenvalue weighted by atomic mass is 10.0. The average Bonchev–Trinajstić information content (AvgIpc) is 3.33. The summed E-state index contributed by atoms with van der Waals surface area (Å²) < 4.78 is 16.6. The molecule has 0 heterocycles. The first-order valence-electron chi connectivity index (χ1n) is 27.4. The molecule has 0 aromatic heterocycles. The van der Waals surface area contributed by atoms with E-state index >= 15 is 0 Å². The van der Waals surface area contributed by atoms with Gasteiger partial charge in [-0.3, -0.25) is 14.4 Å². The van der Waals surface area contributed by atoms with Crippen molar-refractivity contribution in [1.82, 2.24) is 0 Å². The molecule has 0 saturated heterocycles. The third-order valence-corrected chi connectivity index (χ3v) is 11.3. The van der Waals surface area contributed by atoms with Crippen LogP contribution >= 0.6 is 0 Å². The summed E-state index contributed by atoms with van der Waals surface area (Å²) in [6.07, 6.45) is 74.2. The summed E-state index contributed by atoms with van der Waals surface area (Å²) >= 11 is 0. The lowest BCUT2D eigenvalue weighted by molar-refractivity contribution is -0.167. The third-order valence-electron chi connectivity index (χ3n) is 11.3. The number of hydrogen-bond donors (Lipinski definition) is 0. The molecule has 0 bridgehead atoms. The minimum absolute atomic E-state index is 0.0913. The normalized spacial score (nSPS) is 12.9. The van der Waals surface area contributed by atoms with Gasteiger partial charge in [0.1, 0.15) is 13.2 Å². The van der Waals surface area contributed by atoms with Crippen LogP contribution < -0.4 is 0 Å². The van der Waals surface area contributed by atoms with Gasteiger partial charge in [-0.2, -0.15) is 0 Å². The van der Waals surface area contributed by atoms with E-state index in [2.05, 4.69) is 130 Å². The second-order valence-electron chi connectivity index (χ2n) is 17.7. The molecule has 0 radical (unpaired) electrons. The molecule has 0 aromatic carbocycles. The Morgan fingerprint density at radius 2 is 0.582 bits per heavy atom. The smallest absolute Gasteiger partial charge is 0.306 e. The summed E-state index contributed by atoms with van der Waals surface area (Å²) in [5.41, 5.74) is 0. The highest BCUT2D eigenvalue weighted by Gasteiger charge is 2.19. The highest BCUT2D eigenvalue weighted by atomic mass is 16.6. The van der Waals surface area contributed by atoms with E-state index in [0.29, 0.717) is 19.3 Å². The fraction of sp³-hybridized carbons (Fsp3) is 0.656. The number of rotatable bonds is 48. The molecule has 0 aliphatic carbocycles. The van der Waals surface area contributed by atoms with E-state index in [4.69, 9.17) is 14.2 Å². The third kappa shape index (κ3) is 52.9. The number of allylic oxidation sites excluding steroid dienone is 18. The Bertz CT molecular complexity index is 1390. The molecule has 0 spiro atoms. The average molecular weight is 929 g/mol. The van der Waals surface area contributed by atoms with Gasteiger partial charge in [0.2, 0.25) is 0 Å². The summed E-state index contributed by atoms with van der Waals surface area (Å²) in [5, 5.41) is 0. The first kappa shape index (κ1) is 63.1. The van der Waals surface area contributed by atoms with E-state index in [1.54, 1.807) is 0 Å². The molecule has 0 rings (SSSR count). The summed E-state index contributed by atoms with van der Waals surface area (Å²) in [4.78, 5) is 37.6. The largest absolute Gasteiger partial charge is 0.462 e. The van der Waals surface area contributed by atoms with Crippen LogP contribution in [0.1, 0.15) is 239 Å². The summed E-state index contributed by atoms with van der Waals surface area (Å²) in [6.45, 7) is 6.29.